The first kappa shape index (κ1) is 15.0. The fourth-order valence-corrected chi connectivity index (χ4v) is 2.60. The van der Waals surface area contributed by atoms with Gasteiger partial charge in [0.05, 0.1) is 0 Å². The van der Waals surface area contributed by atoms with Crippen molar-refractivity contribution < 1.29 is 0 Å². The molecule has 0 aliphatic carbocycles. The molecule has 1 rings (SSSR count). The predicted molar refractivity (Wildman–Crippen MR) is 76.4 cm³/mol. The molecule has 0 bridgehead atoms. The van der Waals surface area contributed by atoms with E-state index in [-0.39, 0.29) is 0 Å². The van der Waals surface area contributed by atoms with Crippen LogP contribution in [0.1, 0.15) is 52.9 Å². The van der Waals surface area contributed by atoms with Gasteiger partial charge in [-0.05, 0) is 57.3 Å². The lowest BCUT2D eigenvalue weighted by atomic mass is 10.1. The standard InChI is InChI=1S/C15H32N2/c1-4-15-8-11-17(13-15)10-7-5-6-9-16-12-14(2)3/h14-16H,4-13H2,1-3H3. The Morgan fingerprint density at radius 2 is 2.06 bits per heavy atom. The third-order valence-corrected chi connectivity index (χ3v) is 3.83. The molecule has 102 valence electrons. The highest BCUT2D eigenvalue weighted by Gasteiger charge is 2.19. The van der Waals surface area contributed by atoms with Crippen molar-refractivity contribution in [2.45, 2.75) is 52.9 Å². The van der Waals surface area contributed by atoms with Gasteiger partial charge in [-0.1, -0.05) is 33.6 Å². The molecule has 1 fully saturated rings. The Bertz CT molecular complexity index is 180. The molecule has 0 amide bonds. The summed E-state index contributed by atoms with van der Waals surface area (Å²) in [6.07, 6.45) is 6.93. The van der Waals surface area contributed by atoms with E-state index in [0.29, 0.717) is 0 Å². The van der Waals surface area contributed by atoms with Crippen LogP contribution in [0.5, 0.6) is 0 Å². The van der Waals surface area contributed by atoms with Crippen molar-refractivity contribution in [2.75, 3.05) is 32.7 Å². The van der Waals surface area contributed by atoms with Gasteiger partial charge in [-0.25, -0.2) is 0 Å². The maximum atomic E-state index is 3.52. The molecule has 1 saturated heterocycles. The summed E-state index contributed by atoms with van der Waals surface area (Å²) in [6.45, 7) is 13.3. The van der Waals surface area contributed by atoms with E-state index >= 15 is 0 Å². The van der Waals surface area contributed by atoms with Gasteiger partial charge in [0, 0.05) is 6.54 Å². The zero-order valence-electron chi connectivity index (χ0n) is 12.2. The average Bonchev–Trinajstić information content (AvgIpc) is 2.75. The minimum atomic E-state index is 0.783. The van der Waals surface area contributed by atoms with E-state index in [2.05, 4.69) is 31.0 Å². The molecule has 1 aliphatic heterocycles. The highest BCUT2D eigenvalue weighted by molar-refractivity contribution is 4.74. The lowest BCUT2D eigenvalue weighted by molar-refractivity contribution is 0.313. The maximum absolute atomic E-state index is 3.52. The minimum absolute atomic E-state index is 0.783. The minimum Gasteiger partial charge on any atom is -0.316 e. The summed E-state index contributed by atoms with van der Waals surface area (Å²) >= 11 is 0. The van der Waals surface area contributed by atoms with Gasteiger partial charge in [0.1, 0.15) is 0 Å². The second-order valence-corrected chi connectivity index (χ2v) is 6.02. The maximum Gasteiger partial charge on any atom is 0.00100 e. The Labute approximate surface area is 108 Å². The SMILES string of the molecule is CCC1CCN(CCCCCNCC(C)C)C1. The molecule has 0 saturated carbocycles. The monoisotopic (exact) mass is 240 g/mol. The van der Waals surface area contributed by atoms with E-state index in [1.807, 2.05) is 0 Å². The fourth-order valence-electron chi connectivity index (χ4n) is 2.60. The third-order valence-electron chi connectivity index (χ3n) is 3.83. The Morgan fingerprint density at radius 3 is 2.71 bits per heavy atom. The van der Waals surface area contributed by atoms with E-state index in [1.54, 1.807) is 0 Å². The van der Waals surface area contributed by atoms with Crippen molar-refractivity contribution in [3.63, 3.8) is 0 Å². The molecule has 0 aromatic rings. The molecular weight excluding hydrogens is 208 g/mol. The molecule has 1 N–H and O–H groups in total. The van der Waals surface area contributed by atoms with Gasteiger partial charge in [0.25, 0.3) is 0 Å². The first-order valence-corrected chi connectivity index (χ1v) is 7.65. The number of likely N-dealkylation sites (tertiary alicyclic amines) is 1. The van der Waals surface area contributed by atoms with Crippen molar-refractivity contribution in [3.8, 4) is 0 Å². The largest absolute Gasteiger partial charge is 0.316 e. The molecule has 0 radical (unpaired) electrons. The molecule has 1 aliphatic rings. The van der Waals surface area contributed by atoms with Crippen molar-refractivity contribution in [1.29, 1.82) is 0 Å². The summed E-state index contributed by atoms with van der Waals surface area (Å²) in [5.74, 6) is 1.77. The lowest BCUT2D eigenvalue weighted by Gasteiger charge is -2.15. The Balaban J connectivity index is 1.85. The van der Waals surface area contributed by atoms with Gasteiger partial charge < -0.3 is 10.2 Å². The number of nitrogens with zero attached hydrogens (tertiary/aromatic N) is 1. The number of hydrogen-bond acceptors (Lipinski definition) is 2. The highest BCUT2D eigenvalue weighted by atomic mass is 15.1. The van der Waals surface area contributed by atoms with Crippen LogP contribution in [0.2, 0.25) is 0 Å². The molecule has 1 atom stereocenters. The first-order chi connectivity index (χ1) is 8.22. The molecule has 0 aromatic heterocycles. The summed E-state index contributed by atoms with van der Waals surface area (Å²) in [7, 11) is 0. The Kier molecular flexibility index (Phi) is 7.87. The second-order valence-electron chi connectivity index (χ2n) is 6.02. The molecule has 0 spiro atoms. The van der Waals surface area contributed by atoms with Crippen molar-refractivity contribution in [2.24, 2.45) is 11.8 Å². The van der Waals surface area contributed by atoms with Crippen LogP contribution < -0.4 is 5.32 Å². The summed E-state index contributed by atoms with van der Waals surface area (Å²) < 4.78 is 0. The van der Waals surface area contributed by atoms with Crippen LogP contribution in [-0.2, 0) is 0 Å². The van der Waals surface area contributed by atoms with Crippen molar-refractivity contribution >= 4 is 0 Å². The number of rotatable bonds is 9. The molecular formula is C15H32N2. The van der Waals surface area contributed by atoms with E-state index in [4.69, 9.17) is 0 Å². The number of nitrogens with one attached hydrogen (secondary N) is 1. The molecule has 2 nitrogen and oxygen atoms in total. The van der Waals surface area contributed by atoms with Crippen LogP contribution in [-0.4, -0.2) is 37.6 Å². The summed E-state index contributed by atoms with van der Waals surface area (Å²) in [4.78, 5) is 2.66. The summed E-state index contributed by atoms with van der Waals surface area (Å²) in [5.41, 5.74) is 0. The summed E-state index contributed by atoms with van der Waals surface area (Å²) in [6, 6.07) is 0. The average molecular weight is 240 g/mol. The summed E-state index contributed by atoms with van der Waals surface area (Å²) in [5, 5.41) is 3.52. The van der Waals surface area contributed by atoms with E-state index < -0.39 is 0 Å². The molecule has 1 heterocycles. The zero-order chi connectivity index (χ0) is 12.5. The Morgan fingerprint density at radius 1 is 1.24 bits per heavy atom. The molecule has 1 unspecified atom stereocenters. The van der Waals surface area contributed by atoms with Gasteiger partial charge in [0.2, 0.25) is 0 Å². The number of unbranched alkanes of at least 4 members (excludes halogenated alkanes) is 2. The fraction of sp³-hybridized carbons (Fsp3) is 1.00. The second kappa shape index (κ2) is 8.93. The van der Waals surface area contributed by atoms with Gasteiger partial charge in [-0.3, -0.25) is 0 Å². The van der Waals surface area contributed by atoms with Crippen LogP contribution in [0.3, 0.4) is 0 Å². The van der Waals surface area contributed by atoms with Gasteiger partial charge in [0.15, 0.2) is 0 Å². The normalized spacial score (nSPS) is 21.5. The van der Waals surface area contributed by atoms with Gasteiger partial charge >= 0.3 is 0 Å². The van der Waals surface area contributed by atoms with Crippen LogP contribution in [0.25, 0.3) is 0 Å². The van der Waals surface area contributed by atoms with Crippen LogP contribution in [0.4, 0.5) is 0 Å². The van der Waals surface area contributed by atoms with Gasteiger partial charge in [-0.15, -0.1) is 0 Å². The Hall–Kier alpha value is -0.0800. The highest BCUT2D eigenvalue weighted by Crippen LogP contribution is 2.19. The molecule has 0 aromatic carbocycles. The zero-order valence-corrected chi connectivity index (χ0v) is 12.2. The van der Waals surface area contributed by atoms with E-state index in [0.717, 1.165) is 11.8 Å². The number of hydrogen-bond donors (Lipinski definition) is 1. The molecule has 2 heteroatoms. The predicted octanol–water partition coefficient (Wildman–Crippen LogP) is 3.13. The van der Waals surface area contributed by atoms with E-state index in [1.165, 1.54) is 64.8 Å². The van der Waals surface area contributed by atoms with Crippen LogP contribution in [0, 0.1) is 11.8 Å². The van der Waals surface area contributed by atoms with Crippen molar-refractivity contribution in [3.05, 3.63) is 0 Å². The molecule has 17 heavy (non-hydrogen) atoms. The third kappa shape index (κ3) is 7.05. The van der Waals surface area contributed by atoms with Crippen molar-refractivity contribution in [1.82, 2.24) is 10.2 Å². The topological polar surface area (TPSA) is 15.3 Å². The first-order valence-electron chi connectivity index (χ1n) is 7.65. The lowest BCUT2D eigenvalue weighted by Crippen LogP contribution is -2.23. The van der Waals surface area contributed by atoms with Crippen LogP contribution in [0.15, 0.2) is 0 Å². The quantitative estimate of drug-likeness (QED) is 0.623. The van der Waals surface area contributed by atoms with E-state index in [9.17, 15) is 0 Å². The van der Waals surface area contributed by atoms with Crippen LogP contribution >= 0.6 is 0 Å². The smallest absolute Gasteiger partial charge is 0.00100 e. The van der Waals surface area contributed by atoms with Gasteiger partial charge in [-0.2, -0.15) is 0 Å².